The third-order valence-electron chi connectivity index (χ3n) is 4.78. The number of hydrogen-bond acceptors (Lipinski definition) is 2. The first kappa shape index (κ1) is 16.3. The van der Waals surface area contributed by atoms with E-state index in [1.807, 2.05) is 0 Å². The van der Waals surface area contributed by atoms with Gasteiger partial charge in [-0.05, 0) is 56.8 Å². The van der Waals surface area contributed by atoms with Crippen molar-refractivity contribution in [3.05, 3.63) is 11.6 Å². The van der Waals surface area contributed by atoms with Crippen LogP contribution in [0.4, 0.5) is 0 Å². The molecular formula is C17H29ClO2. The molecule has 2 rings (SSSR count). The van der Waals surface area contributed by atoms with Crippen LogP contribution >= 0.6 is 11.6 Å². The second-order valence-electron chi connectivity index (χ2n) is 6.43. The molecule has 0 radical (unpaired) electrons. The maximum absolute atomic E-state index is 5.84. The van der Waals surface area contributed by atoms with Gasteiger partial charge in [0.15, 0.2) is 6.29 Å². The molecule has 0 unspecified atom stereocenters. The molecule has 116 valence electrons. The Bertz CT molecular complexity index is 277. The van der Waals surface area contributed by atoms with Crippen molar-refractivity contribution in [2.45, 2.75) is 64.6 Å². The van der Waals surface area contributed by atoms with Crippen LogP contribution in [0.3, 0.4) is 0 Å². The summed E-state index contributed by atoms with van der Waals surface area (Å²) in [4.78, 5) is 0. The zero-order chi connectivity index (χ0) is 14.2. The van der Waals surface area contributed by atoms with E-state index in [0.717, 1.165) is 25.6 Å². The fourth-order valence-corrected chi connectivity index (χ4v) is 3.67. The van der Waals surface area contributed by atoms with E-state index in [4.69, 9.17) is 21.1 Å². The summed E-state index contributed by atoms with van der Waals surface area (Å²) in [6, 6.07) is 0. The van der Waals surface area contributed by atoms with Crippen molar-refractivity contribution in [1.29, 1.82) is 0 Å². The quantitative estimate of drug-likeness (QED) is 0.678. The zero-order valence-electron chi connectivity index (χ0n) is 12.7. The Kier molecular flexibility index (Phi) is 7.40. The first-order valence-corrected chi connectivity index (χ1v) is 8.75. The standard InChI is InChI=1S/C17H29ClO2/c1-2-3-16-12-19-17(20-13-16)9-8-14-4-6-15(7-5-14)10-11-18/h10-11,14-17H,2-9,12-13H2,1H3/b11-10+. The first-order chi connectivity index (χ1) is 9.81. The molecular weight excluding hydrogens is 272 g/mol. The molecule has 1 aliphatic carbocycles. The Morgan fingerprint density at radius 2 is 1.65 bits per heavy atom. The molecule has 0 N–H and O–H groups in total. The molecule has 1 heterocycles. The summed E-state index contributed by atoms with van der Waals surface area (Å²) in [5, 5.41) is 0. The summed E-state index contributed by atoms with van der Waals surface area (Å²) < 4.78 is 11.7. The monoisotopic (exact) mass is 300 g/mol. The van der Waals surface area contributed by atoms with Crippen LogP contribution in [0.25, 0.3) is 0 Å². The van der Waals surface area contributed by atoms with Crippen molar-refractivity contribution in [2.24, 2.45) is 17.8 Å². The van der Waals surface area contributed by atoms with E-state index < -0.39 is 0 Å². The van der Waals surface area contributed by atoms with Crippen LogP contribution < -0.4 is 0 Å². The molecule has 1 saturated heterocycles. The molecule has 2 nitrogen and oxygen atoms in total. The number of rotatable bonds is 6. The molecule has 20 heavy (non-hydrogen) atoms. The molecule has 0 spiro atoms. The van der Waals surface area contributed by atoms with E-state index in [1.165, 1.54) is 44.9 Å². The van der Waals surface area contributed by atoms with Crippen LogP contribution in [0, 0.1) is 17.8 Å². The van der Waals surface area contributed by atoms with Crippen molar-refractivity contribution < 1.29 is 9.47 Å². The lowest BCUT2D eigenvalue weighted by molar-refractivity contribution is -0.205. The van der Waals surface area contributed by atoms with E-state index in [1.54, 1.807) is 5.54 Å². The van der Waals surface area contributed by atoms with Gasteiger partial charge >= 0.3 is 0 Å². The molecule has 0 aromatic rings. The van der Waals surface area contributed by atoms with E-state index >= 15 is 0 Å². The van der Waals surface area contributed by atoms with E-state index in [2.05, 4.69) is 13.0 Å². The highest BCUT2D eigenvalue weighted by atomic mass is 35.5. The van der Waals surface area contributed by atoms with E-state index in [9.17, 15) is 0 Å². The van der Waals surface area contributed by atoms with Gasteiger partial charge in [-0.1, -0.05) is 31.0 Å². The van der Waals surface area contributed by atoms with Gasteiger partial charge in [-0.2, -0.15) is 0 Å². The molecule has 1 aliphatic heterocycles. The molecule has 2 aliphatic rings. The lowest BCUT2D eigenvalue weighted by atomic mass is 9.80. The van der Waals surface area contributed by atoms with Gasteiger partial charge in [0.1, 0.15) is 0 Å². The van der Waals surface area contributed by atoms with Crippen LogP contribution in [0.2, 0.25) is 0 Å². The fraction of sp³-hybridized carbons (Fsp3) is 0.882. The van der Waals surface area contributed by atoms with Crippen molar-refractivity contribution in [2.75, 3.05) is 13.2 Å². The number of allylic oxidation sites excluding steroid dienone is 1. The van der Waals surface area contributed by atoms with Gasteiger partial charge in [-0.15, -0.1) is 0 Å². The van der Waals surface area contributed by atoms with E-state index in [-0.39, 0.29) is 6.29 Å². The summed E-state index contributed by atoms with van der Waals surface area (Å²) in [5.74, 6) is 2.19. The van der Waals surface area contributed by atoms with Crippen LogP contribution in [0.1, 0.15) is 58.3 Å². The average molecular weight is 301 g/mol. The molecule has 0 amide bonds. The van der Waals surface area contributed by atoms with Gasteiger partial charge in [-0.25, -0.2) is 0 Å². The average Bonchev–Trinajstić information content (AvgIpc) is 2.49. The van der Waals surface area contributed by atoms with Gasteiger partial charge in [-0.3, -0.25) is 0 Å². The minimum atomic E-state index is 0.0589. The third kappa shape index (κ3) is 5.38. The fourth-order valence-electron chi connectivity index (χ4n) is 3.47. The molecule has 0 aromatic carbocycles. The first-order valence-electron chi connectivity index (χ1n) is 8.31. The number of ether oxygens (including phenoxy) is 2. The predicted octanol–water partition coefficient (Wildman–Crippen LogP) is 5.11. The summed E-state index contributed by atoms with van der Waals surface area (Å²) >= 11 is 5.65. The lowest BCUT2D eigenvalue weighted by Crippen LogP contribution is -2.32. The smallest absolute Gasteiger partial charge is 0.157 e. The minimum Gasteiger partial charge on any atom is -0.352 e. The zero-order valence-corrected chi connectivity index (χ0v) is 13.5. The normalized spacial score (nSPS) is 35.5. The number of halogens is 1. The topological polar surface area (TPSA) is 18.5 Å². The second-order valence-corrected chi connectivity index (χ2v) is 6.68. The van der Waals surface area contributed by atoms with E-state index in [0.29, 0.717) is 11.8 Å². The Labute approximate surface area is 128 Å². The molecule has 1 saturated carbocycles. The van der Waals surface area contributed by atoms with Crippen LogP contribution in [-0.2, 0) is 9.47 Å². The Hall–Kier alpha value is -0.0500. The van der Waals surface area contributed by atoms with Gasteiger partial charge in [0.25, 0.3) is 0 Å². The maximum Gasteiger partial charge on any atom is 0.157 e. The number of hydrogen-bond donors (Lipinski definition) is 0. The summed E-state index contributed by atoms with van der Waals surface area (Å²) in [7, 11) is 0. The van der Waals surface area contributed by atoms with Crippen molar-refractivity contribution in [1.82, 2.24) is 0 Å². The summed E-state index contributed by atoms with van der Waals surface area (Å²) in [5.41, 5.74) is 1.68. The molecule has 2 fully saturated rings. The Morgan fingerprint density at radius 3 is 2.25 bits per heavy atom. The molecule has 3 heteroatoms. The summed E-state index contributed by atoms with van der Waals surface area (Å²) in [6.45, 7) is 4.01. The van der Waals surface area contributed by atoms with Gasteiger partial charge < -0.3 is 9.47 Å². The lowest BCUT2D eigenvalue weighted by Gasteiger charge is -2.31. The van der Waals surface area contributed by atoms with Crippen LogP contribution in [0.5, 0.6) is 0 Å². The third-order valence-corrected chi connectivity index (χ3v) is 4.92. The summed E-state index contributed by atoms with van der Waals surface area (Å²) in [6.07, 6.45) is 12.2. The molecule has 0 aromatic heterocycles. The minimum absolute atomic E-state index is 0.0589. The van der Waals surface area contributed by atoms with Gasteiger partial charge in [0, 0.05) is 11.5 Å². The highest BCUT2D eigenvalue weighted by Crippen LogP contribution is 2.33. The maximum atomic E-state index is 5.84. The molecule has 0 bridgehead atoms. The van der Waals surface area contributed by atoms with Crippen molar-refractivity contribution in [3.8, 4) is 0 Å². The predicted molar refractivity (Wildman–Crippen MR) is 83.8 cm³/mol. The van der Waals surface area contributed by atoms with Crippen molar-refractivity contribution >= 4 is 11.6 Å². The highest BCUT2D eigenvalue weighted by Gasteiger charge is 2.24. The SMILES string of the molecule is CCCC1COC(CCC2CCC(/C=C/Cl)CC2)OC1. The highest BCUT2D eigenvalue weighted by molar-refractivity contribution is 6.25. The van der Waals surface area contributed by atoms with Gasteiger partial charge in [0.2, 0.25) is 0 Å². The largest absolute Gasteiger partial charge is 0.352 e. The molecule has 0 atom stereocenters. The van der Waals surface area contributed by atoms with Crippen molar-refractivity contribution in [3.63, 3.8) is 0 Å². The van der Waals surface area contributed by atoms with Gasteiger partial charge in [0.05, 0.1) is 13.2 Å². The Morgan fingerprint density at radius 1 is 0.950 bits per heavy atom. The Balaban J connectivity index is 1.58. The van der Waals surface area contributed by atoms with Crippen LogP contribution in [0.15, 0.2) is 11.6 Å². The van der Waals surface area contributed by atoms with Crippen LogP contribution in [-0.4, -0.2) is 19.5 Å². The second kappa shape index (κ2) is 9.07.